The number of carbonyl (C=O) groups excluding carboxylic acids is 1. The summed E-state index contributed by atoms with van der Waals surface area (Å²) in [5.74, 6) is -0.240. The van der Waals surface area contributed by atoms with Gasteiger partial charge in [-0.15, -0.1) is 0 Å². The van der Waals surface area contributed by atoms with Crippen LogP contribution >= 0.6 is 0 Å². The highest BCUT2D eigenvalue weighted by molar-refractivity contribution is 7.92. The van der Waals surface area contributed by atoms with Crippen LogP contribution in [0.2, 0.25) is 0 Å². The lowest BCUT2D eigenvalue weighted by Gasteiger charge is -2.27. The summed E-state index contributed by atoms with van der Waals surface area (Å²) in [7, 11) is -3.81. The first-order valence-corrected chi connectivity index (χ1v) is 11.4. The number of anilines is 2. The molecule has 0 aromatic heterocycles. The van der Waals surface area contributed by atoms with Gasteiger partial charge in [-0.2, -0.15) is 0 Å². The first-order chi connectivity index (χ1) is 14.4. The van der Waals surface area contributed by atoms with E-state index in [-0.39, 0.29) is 23.4 Å². The average molecular weight is 423 g/mol. The third-order valence-electron chi connectivity index (χ3n) is 4.77. The maximum atomic E-state index is 13.3. The molecule has 30 heavy (non-hydrogen) atoms. The zero-order chi connectivity index (χ0) is 21.7. The van der Waals surface area contributed by atoms with E-state index in [2.05, 4.69) is 0 Å². The van der Waals surface area contributed by atoms with Crippen molar-refractivity contribution in [1.82, 2.24) is 0 Å². The SMILES string of the molecule is CCN(c1ccccc1)S(=O)(=O)c1cccc(C(=O)N(c2ccccc2)C(C)C)c1. The lowest BCUT2D eigenvalue weighted by Crippen LogP contribution is -2.37. The van der Waals surface area contributed by atoms with Crippen molar-refractivity contribution >= 4 is 27.3 Å². The van der Waals surface area contributed by atoms with Gasteiger partial charge in [0.15, 0.2) is 0 Å². The summed E-state index contributed by atoms with van der Waals surface area (Å²) >= 11 is 0. The van der Waals surface area contributed by atoms with Gasteiger partial charge in [-0.05, 0) is 63.2 Å². The van der Waals surface area contributed by atoms with Crippen molar-refractivity contribution in [2.45, 2.75) is 31.7 Å². The van der Waals surface area contributed by atoms with Crippen molar-refractivity contribution in [3.8, 4) is 0 Å². The molecular formula is C24H26N2O3S. The molecular weight excluding hydrogens is 396 g/mol. The highest BCUT2D eigenvalue weighted by atomic mass is 32.2. The maximum Gasteiger partial charge on any atom is 0.264 e. The molecule has 3 rings (SSSR count). The first-order valence-electron chi connectivity index (χ1n) is 9.92. The van der Waals surface area contributed by atoms with Crippen LogP contribution in [-0.2, 0) is 10.0 Å². The summed E-state index contributed by atoms with van der Waals surface area (Å²) in [5.41, 5.74) is 1.69. The summed E-state index contributed by atoms with van der Waals surface area (Å²) in [6.45, 7) is 5.93. The number of amides is 1. The van der Waals surface area contributed by atoms with Crippen LogP contribution in [0.4, 0.5) is 11.4 Å². The fourth-order valence-corrected chi connectivity index (χ4v) is 4.90. The van der Waals surface area contributed by atoms with Crippen LogP contribution in [0.5, 0.6) is 0 Å². The third-order valence-corrected chi connectivity index (χ3v) is 6.67. The minimum Gasteiger partial charge on any atom is -0.306 e. The van der Waals surface area contributed by atoms with Crippen molar-refractivity contribution in [1.29, 1.82) is 0 Å². The number of hydrogen-bond donors (Lipinski definition) is 0. The minimum absolute atomic E-state index is 0.0865. The zero-order valence-electron chi connectivity index (χ0n) is 17.4. The van der Waals surface area contributed by atoms with E-state index in [1.165, 1.54) is 16.4 Å². The second-order valence-electron chi connectivity index (χ2n) is 7.14. The van der Waals surface area contributed by atoms with Crippen LogP contribution in [-0.4, -0.2) is 26.9 Å². The van der Waals surface area contributed by atoms with Crippen molar-refractivity contribution in [2.75, 3.05) is 15.7 Å². The molecule has 0 saturated heterocycles. The van der Waals surface area contributed by atoms with Gasteiger partial charge in [0.2, 0.25) is 0 Å². The quantitative estimate of drug-likeness (QED) is 0.541. The third kappa shape index (κ3) is 4.39. The van der Waals surface area contributed by atoms with E-state index in [1.807, 2.05) is 50.2 Å². The predicted octanol–water partition coefficient (Wildman–Crippen LogP) is 4.96. The van der Waals surface area contributed by atoms with Crippen molar-refractivity contribution < 1.29 is 13.2 Å². The Bertz CT molecular complexity index is 1100. The largest absolute Gasteiger partial charge is 0.306 e. The van der Waals surface area contributed by atoms with Crippen LogP contribution < -0.4 is 9.21 Å². The Balaban J connectivity index is 2.00. The van der Waals surface area contributed by atoms with E-state index in [0.717, 1.165) is 5.69 Å². The van der Waals surface area contributed by atoms with Gasteiger partial charge < -0.3 is 4.90 Å². The van der Waals surface area contributed by atoms with Gasteiger partial charge in [0.05, 0.1) is 10.6 Å². The van der Waals surface area contributed by atoms with Gasteiger partial charge in [-0.3, -0.25) is 9.10 Å². The molecule has 0 radical (unpaired) electrons. The summed E-state index contributed by atoms with van der Waals surface area (Å²) in [5, 5.41) is 0. The number of benzene rings is 3. The zero-order valence-corrected chi connectivity index (χ0v) is 18.2. The van der Waals surface area contributed by atoms with Gasteiger partial charge in [-0.25, -0.2) is 8.42 Å². The van der Waals surface area contributed by atoms with E-state index >= 15 is 0 Å². The number of rotatable bonds is 7. The second kappa shape index (κ2) is 9.13. The lowest BCUT2D eigenvalue weighted by atomic mass is 10.1. The molecule has 0 aliphatic rings. The minimum atomic E-state index is -3.81. The van der Waals surface area contributed by atoms with E-state index < -0.39 is 10.0 Å². The van der Waals surface area contributed by atoms with Crippen molar-refractivity contribution in [3.63, 3.8) is 0 Å². The summed E-state index contributed by atoms with van der Waals surface area (Å²) in [4.78, 5) is 15.1. The standard InChI is InChI=1S/C24H26N2O3S/c1-4-25(21-13-7-5-8-14-21)30(28,29)23-17-11-12-20(18-23)24(27)26(19(2)3)22-15-9-6-10-16-22/h5-19H,4H2,1-3H3. The van der Waals surface area contributed by atoms with Gasteiger partial charge in [-0.1, -0.05) is 42.5 Å². The molecule has 5 nitrogen and oxygen atoms in total. The van der Waals surface area contributed by atoms with Crippen LogP contribution in [0.3, 0.4) is 0 Å². The molecule has 0 N–H and O–H groups in total. The second-order valence-corrected chi connectivity index (χ2v) is 9.00. The molecule has 0 atom stereocenters. The fraction of sp³-hybridized carbons (Fsp3) is 0.208. The molecule has 3 aromatic rings. The molecule has 3 aromatic carbocycles. The molecule has 0 aliphatic carbocycles. The van der Waals surface area contributed by atoms with Crippen LogP contribution in [0.15, 0.2) is 89.8 Å². The Hall–Kier alpha value is -3.12. The smallest absolute Gasteiger partial charge is 0.264 e. The number of carbonyl (C=O) groups is 1. The first kappa shape index (κ1) is 21.6. The summed E-state index contributed by atoms with van der Waals surface area (Å²) in [6, 6.07) is 24.5. The molecule has 6 heteroatoms. The van der Waals surface area contributed by atoms with Gasteiger partial charge >= 0.3 is 0 Å². The molecule has 0 fully saturated rings. The highest BCUT2D eigenvalue weighted by Crippen LogP contribution is 2.25. The molecule has 0 spiro atoms. The molecule has 1 amide bonds. The molecule has 0 aliphatic heterocycles. The number of para-hydroxylation sites is 2. The van der Waals surface area contributed by atoms with Gasteiger partial charge in [0, 0.05) is 23.8 Å². The Morgan fingerprint density at radius 2 is 1.40 bits per heavy atom. The van der Waals surface area contributed by atoms with E-state index in [4.69, 9.17) is 0 Å². The maximum absolute atomic E-state index is 13.3. The number of nitrogens with zero attached hydrogens (tertiary/aromatic N) is 2. The van der Waals surface area contributed by atoms with Crippen molar-refractivity contribution in [3.05, 3.63) is 90.5 Å². The van der Waals surface area contributed by atoms with Crippen LogP contribution in [0, 0.1) is 0 Å². The molecule has 0 heterocycles. The van der Waals surface area contributed by atoms with Gasteiger partial charge in [0.1, 0.15) is 0 Å². The fourth-order valence-electron chi connectivity index (χ4n) is 3.38. The number of sulfonamides is 1. The van der Waals surface area contributed by atoms with Crippen LogP contribution in [0.1, 0.15) is 31.1 Å². The topological polar surface area (TPSA) is 57.7 Å². The van der Waals surface area contributed by atoms with E-state index in [0.29, 0.717) is 11.3 Å². The summed E-state index contributed by atoms with van der Waals surface area (Å²) in [6.07, 6.45) is 0. The van der Waals surface area contributed by atoms with Crippen LogP contribution in [0.25, 0.3) is 0 Å². The molecule has 0 bridgehead atoms. The lowest BCUT2D eigenvalue weighted by molar-refractivity contribution is 0.0980. The Morgan fingerprint density at radius 3 is 1.93 bits per heavy atom. The Labute approximate surface area is 178 Å². The average Bonchev–Trinajstić information content (AvgIpc) is 2.75. The Kier molecular flexibility index (Phi) is 6.57. The monoisotopic (exact) mass is 422 g/mol. The normalized spacial score (nSPS) is 11.3. The highest BCUT2D eigenvalue weighted by Gasteiger charge is 2.26. The predicted molar refractivity (Wildman–Crippen MR) is 121 cm³/mol. The van der Waals surface area contributed by atoms with E-state index in [9.17, 15) is 13.2 Å². The van der Waals surface area contributed by atoms with Crippen molar-refractivity contribution in [2.24, 2.45) is 0 Å². The van der Waals surface area contributed by atoms with E-state index in [1.54, 1.807) is 48.2 Å². The molecule has 0 unspecified atom stereocenters. The molecule has 156 valence electrons. The Morgan fingerprint density at radius 1 is 0.833 bits per heavy atom. The molecule has 0 saturated carbocycles. The summed E-state index contributed by atoms with van der Waals surface area (Å²) < 4.78 is 28.0. The number of hydrogen-bond acceptors (Lipinski definition) is 3. The van der Waals surface area contributed by atoms with Gasteiger partial charge in [0.25, 0.3) is 15.9 Å².